The molecule has 7 nitrogen and oxygen atoms in total. The van der Waals surface area contributed by atoms with Crippen molar-refractivity contribution < 1.29 is 18.0 Å². The number of likely N-dealkylation sites (tertiary alicyclic amines) is 1. The summed E-state index contributed by atoms with van der Waals surface area (Å²) >= 11 is 0. The minimum Gasteiger partial charge on any atom is -0.353 e. The van der Waals surface area contributed by atoms with E-state index in [1.54, 1.807) is 11.8 Å². The van der Waals surface area contributed by atoms with Crippen LogP contribution in [0.3, 0.4) is 0 Å². The van der Waals surface area contributed by atoms with E-state index in [0.29, 0.717) is 32.5 Å². The van der Waals surface area contributed by atoms with E-state index in [1.165, 1.54) is 4.31 Å². The maximum absolute atomic E-state index is 12.3. The van der Waals surface area contributed by atoms with Crippen LogP contribution in [0.1, 0.15) is 40.0 Å². The Morgan fingerprint density at radius 1 is 1.30 bits per heavy atom. The van der Waals surface area contributed by atoms with Crippen molar-refractivity contribution in [2.75, 3.05) is 25.4 Å². The Balaban J connectivity index is 1.83. The summed E-state index contributed by atoms with van der Waals surface area (Å²) in [5.74, 6) is -0.233. The van der Waals surface area contributed by atoms with E-state index in [-0.39, 0.29) is 42.0 Å². The quantitative estimate of drug-likeness (QED) is 0.770. The molecule has 2 fully saturated rings. The van der Waals surface area contributed by atoms with Crippen molar-refractivity contribution in [3.05, 3.63) is 0 Å². The number of amides is 2. The predicted octanol–water partition coefficient (Wildman–Crippen LogP) is 0.174. The van der Waals surface area contributed by atoms with E-state index in [9.17, 15) is 18.0 Å². The Morgan fingerprint density at radius 3 is 2.39 bits per heavy atom. The van der Waals surface area contributed by atoms with Gasteiger partial charge in [0.15, 0.2) is 0 Å². The Labute approximate surface area is 138 Å². The summed E-state index contributed by atoms with van der Waals surface area (Å²) in [4.78, 5) is 26.0. The van der Waals surface area contributed by atoms with Gasteiger partial charge in [0.1, 0.15) is 0 Å². The summed E-state index contributed by atoms with van der Waals surface area (Å²) in [6.45, 7) is 6.90. The minimum atomic E-state index is -3.14. The van der Waals surface area contributed by atoms with E-state index in [0.717, 1.165) is 0 Å². The van der Waals surface area contributed by atoms with Crippen LogP contribution >= 0.6 is 0 Å². The zero-order valence-corrected chi connectivity index (χ0v) is 14.9. The van der Waals surface area contributed by atoms with E-state index in [1.807, 2.05) is 13.8 Å². The lowest BCUT2D eigenvalue weighted by Crippen LogP contribution is -2.48. The molecule has 2 rings (SSSR count). The number of hydrogen-bond donors (Lipinski definition) is 1. The highest BCUT2D eigenvalue weighted by molar-refractivity contribution is 7.89. The number of carbonyl (C=O) groups is 2. The van der Waals surface area contributed by atoms with Gasteiger partial charge in [-0.25, -0.2) is 12.7 Å². The molecule has 1 unspecified atom stereocenters. The number of hydrogen-bond acceptors (Lipinski definition) is 4. The van der Waals surface area contributed by atoms with Crippen molar-refractivity contribution in [1.82, 2.24) is 14.5 Å². The first-order chi connectivity index (χ1) is 10.7. The van der Waals surface area contributed by atoms with Gasteiger partial charge in [-0.1, -0.05) is 0 Å². The van der Waals surface area contributed by atoms with Gasteiger partial charge in [-0.05, 0) is 33.6 Å². The Hall–Kier alpha value is -1.15. The molecule has 0 aromatic rings. The molecule has 8 heteroatoms. The van der Waals surface area contributed by atoms with Crippen LogP contribution in [0.15, 0.2) is 0 Å². The lowest BCUT2D eigenvalue weighted by molar-refractivity contribution is -0.130. The lowest BCUT2D eigenvalue weighted by Gasteiger charge is -2.31. The highest BCUT2D eigenvalue weighted by Gasteiger charge is 2.36. The zero-order valence-electron chi connectivity index (χ0n) is 14.1. The van der Waals surface area contributed by atoms with Gasteiger partial charge in [-0.3, -0.25) is 9.59 Å². The molecule has 0 radical (unpaired) electrons. The van der Waals surface area contributed by atoms with Crippen molar-refractivity contribution in [3.63, 3.8) is 0 Å². The first-order valence-electron chi connectivity index (χ1n) is 8.32. The van der Waals surface area contributed by atoms with Crippen LogP contribution in [0.4, 0.5) is 0 Å². The second kappa shape index (κ2) is 7.17. The van der Waals surface area contributed by atoms with Crippen LogP contribution in [0.5, 0.6) is 0 Å². The fraction of sp³-hybridized carbons (Fsp3) is 0.867. The number of sulfonamides is 1. The topological polar surface area (TPSA) is 86.8 Å². The fourth-order valence-electron chi connectivity index (χ4n) is 3.19. The average molecular weight is 345 g/mol. The third-order valence-electron chi connectivity index (χ3n) is 4.71. The number of nitrogens with zero attached hydrogens (tertiary/aromatic N) is 2. The summed E-state index contributed by atoms with van der Waals surface area (Å²) in [6.07, 6.45) is 1.52. The maximum Gasteiger partial charge on any atom is 0.225 e. The number of carbonyl (C=O) groups excluding carboxylic acids is 2. The van der Waals surface area contributed by atoms with Crippen LogP contribution in [0.25, 0.3) is 0 Å². The largest absolute Gasteiger partial charge is 0.353 e. The molecule has 0 bridgehead atoms. The van der Waals surface area contributed by atoms with Crippen molar-refractivity contribution in [2.24, 2.45) is 5.92 Å². The van der Waals surface area contributed by atoms with Crippen LogP contribution in [-0.2, 0) is 19.6 Å². The fourth-order valence-corrected chi connectivity index (χ4v) is 4.32. The molecule has 2 amide bonds. The Kier molecular flexibility index (Phi) is 5.67. The maximum atomic E-state index is 12.3. The van der Waals surface area contributed by atoms with Gasteiger partial charge >= 0.3 is 0 Å². The molecule has 1 N–H and O–H groups in total. The van der Waals surface area contributed by atoms with Gasteiger partial charge in [0.2, 0.25) is 21.8 Å². The van der Waals surface area contributed by atoms with Crippen LogP contribution < -0.4 is 5.32 Å². The molecule has 0 aromatic carbocycles. The normalized spacial score (nSPS) is 24.4. The summed E-state index contributed by atoms with van der Waals surface area (Å²) in [7, 11) is -3.14. The molecule has 2 aliphatic heterocycles. The molecule has 0 saturated carbocycles. The van der Waals surface area contributed by atoms with Crippen molar-refractivity contribution in [3.8, 4) is 0 Å². The summed E-state index contributed by atoms with van der Waals surface area (Å²) in [6, 6.07) is 0.108. The van der Waals surface area contributed by atoms with Gasteiger partial charge < -0.3 is 10.2 Å². The van der Waals surface area contributed by atoms with E-state index >= 15 is 0 Å². The molecule has 23 heavy (non-hydrogen) atoms. The van der Waals surface area contributed by atoms with Crippen molar-refractivity contribution in [2.45, 2.75) is 52.1 Å². The molecule has 132 valence electrons. The first kappa shape index (κ1) is 18.2. The standard InChI is InChI=1S/C15H27N3O4S/c1-4-23(21,22)17-7-5-13(6-8-17)16-15(20)12-9-14(19)18(10-12)11(2)3/h11-13H,4-10H2,1-3H3,(H,16,20). The minimum absolute atomic E-state index is 0.00555. The number of rotatable bonds is 5. The van der Waals surface area contributed by atoms with Crippen molar-refractivity contribution >= 4 is 21.8 Å². The molecule has 2 aliphatic rings. The summed E-state index contributed by atoms with van der Waals surface area (Å²) in [5, 5.41) is 2.99. The smallest absolute Gasteiger partial charge is 0.225 e. The van der Waals surface area contributed by atoms with E-state index in [4.69, 9.17) is 0 Å². The summed E-state index contributed by atoms with van der Waals surface area (Å²) < 4.78 is 25.1. The monoisotopic (exact) mass is 345 g/mol. The zero-order chi connectivity index (χ0) is 17.2. The van der Waals surface area contributed by atoms with Gasteiger partial charge in [0.05, 0.1) is 11.7 Å². The molecule has 2 saturated heterocycles. The van der Waals surface area contributed by atoms with E-state index in [2.05, 4.69) is 5.32 Å². The second-order valence-corrected chi connectivity index (χ2v) is 8.88. The first-order valence-corrected chi connectivity index (χ1v) is 9.93. The lowest BCUT2D eigenvalue weighted by atomic mass is 10.0. The van der Waals surface area contributed by atoms with Gasteiger partial charge in [0.25, 0.3) is 0 Å². The van der Waals surface area contributed by atoms with Crippen LogP contribution in [-0.4, -0.2) is 66.9 Å². The Morgan fingerprint density at radius 2 is 1.91 bits per heavy atom. The second-order valence-electron chi connectivity index (χ2n) is 6.62. The van der Waals surface area contributed by atoms with Gasteiger partial charge in [0, 0.05) is 38.1 Å². The van der Waals surface area contributed by atoms with Crippen molar-refractivity contribution in [1.29, 1.82) is 0 Å². The van der Waals surface area contributed by atoms with Crippen LogP contribution in [0.2, 0.25) is 0 Å². The number of nitrogens with one attached hydrogen (secondary N) is 1. The van der Waals surface area contributed by atoms with Gasteiger partial charge in [-0.15, -0.1) is 0 Å². The molecular weight excluding hydrogens is 318 g/mol. The third-order valence-corrected chi connectivity index (χ3v) is 6.59. The van der Waals surface area contributed by atoms with Crippen LogP contribution in [0, 0.1) is 5.92 Å². The summed E-state index contributed by atoms with van der Waals surface area (Å²) in [5.41, 5.74) is 0. The molecule has 0 aromatic heterocycles. The van der Waals surface area contributed by atoms with Gasteiger partial charge in [-0.2, -0.15) is 0 Å². The Bertz CT molecular complexity index is 553. The SMILES string of the molecule is CCS(=O)(=O)N1CCC(NC(=O)C2CC(=O)N(C(C)C)C2)CC1. The number of piperidine rings is 1. The predicted molar refractivity (Wildman–Crippen MR) is 87.2 cm³/mol. The van der Waals surface area contributed by atoms with E-state index < -0.39 is 10.0 Å². The highest BCUT2D eigenvalue weighted by atomic mass is 32.2. The average Bonchev–Trinajstić information content (AvgIpc) is 2.90. The molecule has 1 atom stereocenters. The molecular formula is C15H27N3O4S. The molecule has 2 heterocycles. The third kappa shape index (κ3) is 4.23. The highest BCUT2D eigenvalue weighted by Crippen LogP contribution is 2.21. The molecule has 0 aliphatic carbocycles. The molecule has 0 spiro atoms.